The van der Waals surface area contributed by atoms with Gasteiger partial charge >= 0.3 is 0 Å². The van der Waals surface area contributed by atoms with Gasteiger partial charge in [0.05, 0.1) is 27.3 Å². The molecule has 2 unspecified atom stereocenters. The summed E-state index contributed by atoms with van der Waals surface area (Å²) in [5.74, 6) is 0. The fraction of sp³-hybridized carbons (Fsp3) is 0.333. The normalized spacial score (nSPS) is 23.7. The van der Waals surface area contributed by atoms with E-state index in [2.05, 4.69) is 11.0 Å². The second-order valence-electron chi connectivity index (χ2n) is 7.52. The van der Waals surface area contributed by atoms with E-state index in [1.54, 1.807) is 23.5 Å². The maximum atomic E-state index is 11.3. The number of hydrogen-bond acceptors (Lipinski definition) is 6. The van der Waals surface area contributed by atoms with Crippen LogP contribution in [0.15, 0.2) is 42.5 Å². The fourth-order valence-corrected chi connectivity index (χ4v) is 5.85. The zero-order valence-electron chi connectivity index (χ0n) is 15.2. The highest BCUT2D eigenvalue weighted by Crippen LogP contribution is 2.48. The first-order chi connectivity index (χ1) is 13.6. The third-order valence-corrected chi connectivity index (χ3v) is 7.21. The van der Waals surface area contributed by atoms with Crippen LogP contribution >= 0.6 is 11.3 Å². The standard InChI is InChI=1S/C21H18N4O2S/c22-13-21(20-23-16-5-1-2-6-18(16)28-20)12-14-11-15(25(26)27)8-9-17(14)24-10-4-3-7-19(21)24/h1-2,5-6,8-9,11,19H,3-4,7,10,12H2. The van der Waals surface area contributed by atoms with Crippen molar-refractivity contribution in [2.24, 2.45) is 0 Å². The molecule has 28 heavy (non-hydrogen) atoms. The van der Waals surface area contributed by atoms with Crippen LogP contribution < -0.4 is 4.90 Å². The molecule has 0 saturated carbocycles. The molecule has 3 heterocycles. The van der Waals surface area contributed by atoms with Gasteiger partial charge in [-0.05, 0) is 43.0 Å². The Morgan fingerprint density at radius 1 is 1.29 bits per heavy atom. The van der Waals surface area contributed by atoms with Crippen LogP contribution in [0, 0.1) is 21.4 Å². The summed E-state index contributed by atoms with van der Waals surface area (Å²) in [6.45, 7) is 0.865. The number of nitrogens with zero attached hydrogens (tertiary/aromatic N) is 4. The van der Waals surface area contributed by atoms with Crippen LogP contribution in [0.5, 0.6) is 0 Å². The maximum Gasteiger partial charge on any atom is 0.269 e. The van der Waals surface area contributed by atoms with Gasteiger partial charge < -0.3 is 4.90 Å². The van der Waals surface area contributed by atoms with Gasteiger partial charge in [0.25, 0.3) is 5.69 Å². The molecule has 5 rings (SSSR count). The number of non-ortho nitro benzene ring substituents is 1. The molecule has 1 saturated heterocycles. The lowest BCUT2D eigenvalue weighted by Gasteiger charge is -2.49. The summed E-state index contributed by atoms with van der Waals surface area (Å²) < 4.78 is 1.07. The van der Waals surface area contributed by atoms with E-state index in [0.717, 1.165) is 52.3 Å². The lowest BCUT2D eigenvalue weighted by Crippen LogP contribution is -2.56. The van der Waals surface area contributed by atoms with Crippen molar-refractivity contribution >= 4 is 32.9 Å². The quantitative estimate of drug-likeness (QED) is 0.472. The Balaban J connectivity index is 1.71. The van der Waals surface area contributed by atoms with Gasteiger partial charge in [-0.15, -0.1) is 11.3 Å². The molecule has 0 spiro atoms. The topological polar surface area (TPSA) is 83.1 Å². The number of para-hydroxylation sites is 1. The molecule has 1 fully saturated rings. The van der Waals surface area contributed by atoms with Crippen LogP contribution in [0.1, 0.15) is 29.8 Å². The van der Waals surface area contributed by atoms with Crippen LogP contribution in [0.4, 0.5) is 11.4 Å². The molecule has 2 atom stereocenters. The fourth-order valence-electron chi connectivity index (χ4n) is 4.70. The molecule has 7 heteroatoms. The van der Waals surface area contributed by atoms with Crippen LogP contribution in [0.3, 0.4) is 0 Å². The molecule has 0 bridgehead atoms. The van der Waals surface area contributed by atoms with Crippen LogP contribution in [-0.4, -0.2) is 22.5 Å². The summed E-state index contributed by atoms with van der Waals surface area (Å²) >= 11 is 1.57. The Kier molecular flexibility index (Phi) is 3.84. The first-order valence-corrected chi connectivity index (χ1v) is 10.3. The first-order valence-electron chi connectivity index (χ1n) is 9.44. The minimum absolute atomic E-state index is 0.0424. The second kappa shape index (κ2) is 6.28. The van der Waals surface area contributed by atoms with Gasteiger partial charge in [0.15, 0.2) is 0 Å². The van der Waals surface area contributed by atoms with E-state index in [0.29, 0.717) is 6.42 Å². The first kappa shape index (κ1) is 17.1. The lowest BCUT2D eigenvalue weighted by atomic mass is 9.69. The SMILES string of the molecule is N#CC1(c2nc3ccccc3s2)Cc2cc([N+](=O)[O-])ccc2N2CCCCC21. The van der Waals surface area contributed by atoms with Crippen LogP contribution in [-0.2, 0) is 11.8 Å². The zero-order valence-corrected chi connectivity index (χ0v) is 16.0. The second-order valence-corrected chi connectivity index (χ2v) is 8.55. The number of aromatic nitrogens is 1. The zero-order chi connectivity index (χ0) is 19.3. The number of fused-ring (bicyclic) bond motifs is 4. The molecule has 0 radical (unpaired) electrons. The van der Waals surface area contributed by atoms with Crippen molar-refractivity contribution in [2.75, 3.05) is 11.4 Å². The van der Waals surface area contributed by atoms with E-state index >= 15 is 0 Å². The predicted octanol–water partition coefficient (Wildman–Crippen LogP) is 4.58. The smallest absolute Gasteiger partial charge is 0.269 e. The number of thiazole rings is 1. The Hall–Kier alpha value is -2.98. The number of hydrogen-bond donors (Lipinski definition) is 0. The number of anilines is 1. The minimum atomic E-state index is -0.785. The molecule has 0 N–H and O–H groups in total. The molecule has 2 aliphatic rings. The van der Waals surface area contributed by atoms with Gasteiger partial charge in [0.2, 0.25) is 0 Å². The molecule has 0 aliphatic carbocycles. The van der Waals surface area contributed by atoms with Crippen molar-refractivity contribution in [3.05, 3.63) is 63.1 Å². The van der Waals surface area contributed by atoms with Crippen molar-refractivity contribution in [1.29, 1.82) is 5.26 Å². The summed E-state index contributed by atoms with van der Waals surface area (Å²) in [5, 5.41) is 22.5. The Morgan fingerprint density at radius 2 is 2.14 bits per heavy atom. The molecular formula is C21H18N4O2S. The molecule has 1 aromatic heterocycles. The van der Waals surface area contributed by atoms with E-state index < -0.39 is 5.41 Å². The lowest BCUT2D eigenvalue weighted by molar-refractivity contribution is -0.384. The van der Waals surface area contributed by atoms with Crippen LogP contribution in [0.25, 0.3) is 10.2 Å². The summed E-state index contributed by atoms with van der Waals surface area (Å²) in [4.78, 5) is 18.1. The van der Waals surface area contributed by atoms with E-state index in [9.17, 15) is 15.4 Å². The molecule has 2 aliphatic heterocycles. The van der Waals surface area contributed by atoms with E-state index in [-0.39, 0.29) is 16.7 Å². The van der Waals surface area contributed by atoms with E-state index in [1.807, 2.05) is 30.3 Å². The Morgan fingerprint density at radius 3 is 2.93 bits per heavy atom. The highest BCUT2D eigenvalue weighted by molar-refractivity contribution is 7.18. The third kappa shape index (κ3) is 2.41. The van der Waals surface area contributed by atoms with Crippen LogP contribution in [0.2, 0.25) is 0 Å². The largest absolute Gasteiger partial charge is 0.366 e. The molecule has 6 nitrogen and oxygen atoms in total. The number of nitro benzene ring substituents is 1. The van der Waals surface area contributed by atoms with Crippen molar-refractivity contribution in [3.8, 4) is 6.07 Å². The summed E-state index contributed by atoms with van der Waals surface area (Å²) in [7, 11) is 0. The average Bonchev–Trinajstić information content (AvgIpc) is 3.17. The van der Waals surface area contributed by atoms with Gasteiger partial charge in [-0.1, -0.05) is 12.1 Å². The monoisotopic (exact) mass is 390 g/mol. The number of piperidine rings is 1. The van der Waals surface area contributed by atoms with Gasteiger partial charge in [-0.25, -0.2) is 4.98 Å². The molecular weight excluding hydrogens is 372 g/mol. The van der Waals surface area contributed by atoms with Crippen molar-refractivity contribution < 1.29 is 4.92 Å². The highest BCUT2D eigenvalue weighted by atomic mass is 32.1. The molecule has 0 amide bonds. The molecule has 3 aromatic rings. The van der Waals surface area contributed by atoms with Crippen molar-refractivity contribution in [1.82, 2.24) is 4.98 Å². The van der Waals surface area contributed by atoms with Crippen molar-refractivity contribution in [3.63, 3.8) is 0 Å². The number of nitro groups is 1. The van der Waals surface area contributed by atoms with Gasteiger partial charge in [-0.2, -0.15) is 5.26 Å². The highest BCUT2D eigenvalue weighted by Gasteiger charge is 2.51. The average molecular weight is 390 g/mol. The van der Waals surface area contributed by atoms with Gasteiger partial charge in [0.1, 0.15) is 10.4 Å². The number of rotatable bonds is 2. The maximum absolute atomic E-state index is 11.3. The van der Waals surface area contributed by atoms with Gasteiger partial charge in [-0.3, -0.25) is 10.1 Å². The summed E-state index contributed by atoms with van der Waals surface area (Å²) in [6.07, 6.45) is 3.54. The molecule has 2 aromatic carbocycles. The minimum Gasteiger partial charge on any atom is -0.366 e. The third-order valence-electron chi connectivity index (χ3n) is 6.00. The number of nitriles is 1. The number of benzene rings is 2. The van der Waals surface area contributed by atoms with E-state index in [4.69, 9.17) is 4.98 Å². The van der Waals surface area contributed by atoms with Crippen molar-refractivity contribution in [2.45, 2.75) is 37.1 Å². The molecule has 140 valence electrons. The predicted molar refractivity (Wildman–Crippen MR) is 109 cm³/mol. The summed E-state index contributed by atoms with van der Waals surface area (Å²) in [6, 6.07) is 15.7. The Bertz CT molecular complexity index is 1100. The Labute approximate surface area is 166 Å². The van der Waals surface area contributed by atoms with Gasteiger partial charge in [0, 0.05) is 30.8 Å². The summed E-state index contributed by atoms with van der Waals surface area (Å²) in [5.41, 5.74) is 2.09. The van der Waals surface area contributed by atoms with E-state index in [1.165, 1.54) is 0 Å².